The number of aliphatic hydroxyl groups is 1. The molecule has 8 unspecified atom stereocenters. The lowest BCUT2D eigenvalue weighted by Crippen LogP contribution is -2.54. The Bertz CT molecular complexity index is 1340. The molecule has 1 N–H and O–H groups in total. The van der Waals surface area contributed by atoms with Gasteiger partial charge in [0.2, 0.25) is 0 Å². The van der Waals surface area contributed by atoms with E-state index in [9.17, 15) is 29.1 Å². The van der Waals surface area contributed by atoms with Crippen molar-refractivity contribution in [1.82, 2.24) is 4.98 Å². The van der Waals surface area contributed by atoms with Crippen LogP contribution in [-0.2, 0) is 38.1 Å². The van der Waals surface area contributed by atoms with Gasteiger partial charge in [-0.1, -0.05) is 60.3 Å². The van der Waals surface area contributed by atoms with Gasteiger partial charge in [0.25, 0.3) is 0 Å². The van der Waals surface area contributed by atoms with E-state index in [1.54, 1.807) is 59.8 Å². The smallest absolute Gasteiger partial charge is 0.340 e. The molecular weight excluding hydrogens is 582 g/mol. The fourth-order valence-corrected chi connectivity index (χ4v) is 6.25. The number of Topliss-reactive ketones (excluding diaryl/α,β-unsaturated/α-hetero) is 1. The van der Waals surface area contributed by atoms with Crippen LogP contribution in [0.5, 0.6) is 0 Å². The highest BCUT2D eigenvalue weighted by atomic mass is 16.6. The summed E-state index contributed by atoms with van der Waals surface area (Å²) >= 11 is 0. The third-order valence-electron chi connectivity index (χ3n) is 8.48. The van der Waals surface area contributed by atoms with Crippen molar-refractivity contribution in [2.24, 2.45) is 29.1 Å². The van der Waals surface area contributed by atoms with Crippen LogP contribution in [0, 0.1) is 29.1 Å². The van der Waals surface area contributed by atoms with Crippen molar-refractivity contribution >= 4 is 29.7 Å². The van der Waals surface area contributed by atoms with Crippen molar-refractivity contribution in [3.8, 4) is 0 Å². The van der Waals surface area contributed by atoms with Crippen LogP contribution in [0.2, 0.25) is 0 Å². The third kappa shape index (κ3) is 8.06. The quantitative estimate of drug-likeness (QED) is 0.274. The zero-order valence-electron chi connectivity index (χ0n) is 27.3. The number of aromatic nitrogens is 1. The molecule has 45 heavy (non-hydrogen) atoms. The number of hydrogen-bond donors (Lipinski definition) is 1. The predicted octanol–water partition coefficient (Wildman–Crippen LogP) is 4.17. The lowest BCUT2D eigenvalue weighted by Gasteiger charge is -2.41. The van der Waals surface area contributed by atoms with Gasteiger partial charge in [-0.05, 0) is 30.0 Å². The normalized spacial score (nSPS) is 31.6. The molecule has 2 aliphatic carbocycles. The van der Waals surface area contributed by atoms with E-state index in [4.69, 9.17) is 18.9 Å². The fraction of sp³-hybridized carbons (Fsp3) is 0.588. The average molecular weight is 628 g/mol. The molecule has 11 heteroatoms. The molecule has 0 spiro atoms. The Balaban J connectivity index is 2.22. The first-order valence-electron chi connectivity index (χ1n) is 15.2. The van der Waals surface area contributed by atoms with E-state index in [0.717, 1.165) is 0 Å². The van der Waals surface area contributed by atoms with Crippen LogP contribution in [0.4, 0.5) is 0 Å². The van der Waals surface area contributed by atoms with Gasteiger partial charge >= 0.3 is 23.9 Å². The van der Waals surface area contributed by atoms with Crippen LogP contribution in [0.25, 0.3) is 0 Å². The number of carbonyl (C=O) groups is 5. The zero-order valence-corrected chi connectivity index (χ0v) is 27.3. The van der Waals surface area contributed by atoms with Crippen LogP contribution < -0.4 is 0 Å². The number of nitrogens with zero attached hydrogens (tertiary/aromatic N) is 1. The Labute approximate surface area is 264 Å². The van der Waals surface area contributed by atoms with E-state index in [0.29, 0.717) is 0 Å². The van der Waals surface area contributed by atoms with Crippen LogP contribution >= 0.6 is 0 Å². The summed E-state index contributed by atoms with van der Waals surface area (Å²) in [5, 5.41) is 12.2. The first kappa shape index (κ1) is 35.6. The standard InChI is InChI=1S/C34H45NO10/c1-18(2)31(39)44-28-21(5)16-34(41)26(28)27(43-23(7)37)20(4)15-25(42-22(6)36)30(33(8,9)13-12-19(3)29(34)38)45-32(40)24-11-10-14-35-17-24/h10-14,17-19,21,25-28,30,41H,4,15-16H2,1-3,5-9H3. The van der Waals surface area contributed by atoms with Crippen LogP contribution in [0.1, 0.15) is 78.6 Å². The number of rotatable bonds is 6. The Morgan fingerprint density at radius 2 is 1.69 bits per heavy atom. The zero-order chi connectivity index (χ0) is 33.9. The van der Waals surface area contributed by atoms with Gasteiger partial charge in [-0.2, -0.15) is 0 Å². The molecule has 1 fully saturated rings. The van der Waals surface area contributed by atoms with Crippen molar-refractivity contribution < 1.29 is 48.0 Å². The summed E-state index contributed by atoms with van der Waals surface area (Å²) in [5.41, 5.74) is -2.75. The Morgan fingerprint density at radius 3 is 2.24 bits per heavy atom. The number of pyridine rings is 1. The lowest BCUT2D eigenvalue weighted by atomic mass is 9.73. The summed E-state index contributed by atoms with van der Waals surface area (Å²) in [6.45, 7) is 16.8. The molecule has 1 aromatic heterocycles. The molecule has 1 heterocycles. The predicted molar refractivity (Wildman–Crippen MR) is 162 cm³/mol. The number of ether oxygens (including phenoxy) is 4. The molecule has 1 saturated carbocycles. The molecule has 1 aromatic rings. The molecular formula is C34H45NO10. The van der Waals surface area contributed by atoms with E-state index >= 15 is 0 Å². The van der Waals surface area contributed by atoms with E-state index in [1.807, 2.05) is 0 Å². The van der Waals surface area contributed by atoms with Gasteiger partial charge in [0.15, 0.2) is 5.78 Å². The second-order valence-corrected chi connectivity index (χ2v) is 13.1. The average Bonchev–Trinajstić information content (AvgIpc) is 3.21. The molecule has 0 amide bonds. The molecule has 2 aliphatic rings. The van der Waals surface area contributed by atoms with Gasteiger partial charge in [0.05, 0.1) is 17.4 Å². The van der Waals surface area contributed by atoms with Crippen molar-refractivity contribution in [3.63, 3.8) is 0 Å². The summed E-state index contributed by atoms with van der Waals surface area (Å²) in [7, 11) is 0. The SMILES string of the molecule is C=C1CC(OC(C)=O)C(OC(=O)c2cccnc2)C(C)(C)C=CC(C)C(=O)C2(O)CC(C)C(OC(=O)C(C)C)C2C1OC(C)=O. The summed E-state index contributed by atoms with van der Waals surface area (Å²) in [4.78, 5) is 69.1. The van der Waals surface area contributed by atoms with E-state index < -0.39 is 88.8 Å². The highest BCUT2D eigenvalue weighted by Crippen LogP contribution is 2.49. The van der Waals surface area contributed by atoms with Crippen molar-refractivity contribution in [1.29, 1.82) is 0 Å². The Morgan fingerprint density at radius 1 is 1.04 bits per heavy atom. The second kappa shape index (κ2) is 14.1. The Kier molecular flexibility index (Phi) is 11.1. The number of ketones is 1. The second-order valence-electron chi connectivity index (χ2n) is 13.1. The summed E-state index contributed by atoms with van der Waals surface area (Å²) in [6.07, 6.45) is 1.30. The maximum Gasteiger partial charge on any atom is 0.340 e. The first-order valence-corrected chi connectivity index (χ1v) is 15.2. The molecule has 246 valence electrons. The van der Waals surface area contributed by atoms with E-state index in [2.05, 4.69) is 11.6 Å². The van der Waals surface area contributed by atoms with Gasteiger partial charge in [0.1, 0.15) is 30.0 Å². The van der Waals surface area contributed by atoms with Gasteiger partial charge < -0.3 is 24.1 Å². The molecule has 0 saturated heterocycles. The molecule has 0 aromatic carbocycles. The van der Waals surface area contributed by atoms with Gasteiger partial charge in [-0.3, -0.25) is 24.2 Å². The highest BCUT2D eigenvalue weighted by Gasteiger charge is 2.62. The summed E-state index contributed by atoms with van der Waals surface area (Å²) in [5.74, 6) is -6.30. The lowest BCUT2D eigenvalue weighted by molar-refractivity contribution is -0.174. The van der Waals surface area contributed by atoms with Crippen molar-refractivity contribution in [3.05, 3.63) is 54.4 Å². The first-order chi connectivity index (χ1) is 20.9. The number of hydrogen-bond acceptors (Lipinski definition) is 11. The third-order valence-corrected chi connectivity index (χ3v) is 8.48. The monoisotopic (exact) mass is 627 g/mol. The molecule has 0 radical (unpaired) electrons. The summed E-state index contributed by atoms with van der Waals surface area (Å²) in [6, 6.07) is 3.11. The minimum absolute atomic E-state index is 0.0577. The van der Waals surface area contributed by atoms with Gasteiger partial charge in [-0.15, -0.1) is 0 Å². The van der Waals surface area contributed by atoms with Crippen LogP contribution in [-0.4, -0.2) is 69.8 Å². The minimum atomic E-state index is -2.07. The van der Waals surface area contributed by atoms with E-state index in [-0.39, 0.29) is 24.0 Å². The van der Waals surface area contributed by atoms with Gasteiger partial charge in [-0.25, -0.2) is 4.79 Å². The van der Waals surface area contributed by atoms with E-state index in [1.165, 1.54) is 32.3 Å². The molecule has 0 bridgehead atoms. The van der Waals surface area contributed by atoms with Gasteiger partial charge in [0, 0.05) is 44.0 Å². The maximum atomic E-state index is 14.1. The van der Waals surface area contributed by atoms with Crippen molar-refractivity contribution in [2.45, 2.75) is 98.2 Å². The topological polar surface area (TPSA) is 155 Å². The minimum Gasteiger partial charge on any atom is -0.461 e. The molecule has 0 aliphatic heterocycles. The Hall–Kier alpha value is -3.86. The highest BCUT2D eigenvalue weighted by molar-refractivity contribution is 5.91. The fourth-order valence-electron chi connectivity index (χ4n) is 6.25. The number of fused-ring (bicyclic) bond motifs is 1. The van der Waals surface area contributed by atoms with Crippen LogP contribution in [0.3, 0.4) is 0 Å². The number of allylic oxidation sites excluding steroid dienone is 1. The largest absolute Gasteiger partial charge is 0.461 e. The molecule has 11 nitrogen and oxygen atoms in total. The number of carbonyl (C=O) groups excluding carboxylic acids is 5. The number of esters is 4. The molecule has 8 atom stereocenters. The maximum absolute atomic E-state index is 14.1. The van der Waals surface area contributed by atoms with Crippen molar-refractivity contribution in [2.75, 3.05) is 0 Å². The summed E-state index contributed by atoms with van der Waals surface area (Å²) < 4.78 is 23.4. The molecule has 3 rings (SSSR count). The van der Waals surface area contributed by atoms with Crippen LogP contribution in [0.15, 0.2) is 48.8 Å².